The number of carbonyl (C=O) groups excluding carboxylic acids is 2. The molecule has 3 aromatic rings. The third-order valence-electron chi connectivity index (χ3n) is 5.61. The van der Waals surface area contributed by atoms with Crippen LogP contribution in [0.1, 0.15) is 10.4 Å². The summed E-state index contributed by atoms with van der Waals surface area (Å²) in [5.74, 6) is 0.297. The van der Waals surface area contributed by atoms with Gasteiger partial charge in [0.25, 0.3) is 0 Å². The van der Waals surface area contributed by atoms with Crippen molar-refractivity contribution < 1.29 is 14.3 Å². The molecule has 0 aromatic heterocycles. The van der Waals surface area contributed by atoms with Gasteiger partial charge in [-0.05, 0) is 42.5 Å². The quantitative estimate of drug-likeness (QED) is 0.536. The normalized spacial score (nSPS) is 13.4. The van der Waals surface area contributed by atoms with E-state index in [2.05, 4.69) is 26.5 Å². The van der Waals surface area contributed by atoms with Gasteiger partial charge in [0, 0.05) is 37.4 Å². The number of para-hydroxylation sites is 3. The monoisotopic (exact) mass is 445 g/mol. The van der Waals surface area contributed by atoms with Gasteiger partial charge in [-0.25, -0.2) is 4.79 Å². The molecule has 0 atom stereocenters. The van der Waals surface area contributed by atoms with Crippen LogP contribution >= 0.6 is 0 Å². The lowest BCUT2D eigenvalue weighted by atomic mass is 10.1. The van der Waals surface area contributed by atoms with Crippen molar-refractivity contribution in [1.82, 2.24) is 0 Å². The summed E-state index contributed by atoms with van der Waals surface area (Å²) in [5.41, 5.74) is 8.91. The van der Waals surface area contributed by atoms with Crippen molar-refractivity contribution in [3.8, 4) is 5.75 Å². The third-order valence-corrected chi connectivity index (χ3v) is 5.61. The first-order valence-electron chi connectivity index (χ1n) is 10.7. The summed E-state index contributed by atoms with van der Waals surface area (Å²) in [7, 11) is 1.67. The Hall–Kier alpha value is -4.20. The predicted octanol–water partition coefficient (Wildman–Crippen LogP) is 3.76. The summed E-state index contributed by atoms with van der Waals surface area (Å²) >= 11 is 0. The van der Waals surface area contributed by atoms with Crippen molar-refractivity contribution in [2.24, 2.45) is 5.73 Å². The van der Waals surface area contributed by atoms with E-state index in [0.29, 0.717) is 16.9 Å². The van der Waals surface area contributed by atoms with Crippen molar-refractivity contribution in [3.05, 3.63) is 78.4 Å². The summed E-state index contributed by atoms with van der Waals surface area (Å²) < 4.78 is 5.50. The Balaban J connectivity index is 1.51. The average Bonchev–Trinajstić information content (AvgIpc) is 2.84. The molecule has 0 aliphatic carbocycles. The second-order valence-electron chi connectivity index (χ2n) is 7.69. The first-order chi connectivity index (χ1) is 16.0. The number of hydrogen-bond donors (Lipinski definition) is 3. The highest BCUT2D eigenvalue weighted by atomic mass is 16.5. The molecule has 1 fully saturated rings. The molecule has 8 heteroatoms. The Labute approximate surface area is 192 Å². The first-order valence-corrected chi connectivity index (χ1v) is 10.7. The maximum atomic E-state index is 12.6. The van der Waals surface area contributed by atoms with E-state index in [0.717, 1.165) is 43.3 Å². The number of amides is 3. The highest BCUT2D eigenvalue weighted by Crippen LogP contribution is 2.32. The number of urea groups is 1. The number of rotatable bonds is 6. The Kier molecular flexibility index (Phi) is 6.64. The van der Waals surface area contributed by atoms with Crippen LogP contribution in [0.3, 0.4) is 0 Å². The maximum Gasteiger partial charge on any atom is 0.323 e. The van der Waals surface area contributed by atoms with E-state index in [1.165, 1.54) is 0 Å². The number of benzene rings is 3. The molecule has 0 spiro atoms. The molecule has 3 amide bonds. The first kappa shape index (κ1) is 22.0. The Morgan fingerprint density at radius 3 is 2.12 bits per heavy atom. The van der Waals surface area contributed by atoms with Gasteiger partial charge in [0.05, 0.1) is 24.2 Å². The molecular weight excluding hydrogens is 418 g/mol. The lowest BCUT2D eigenvalue weighted by molar-refractivity contribution is 0.100. The van der Waals surface area contributed by atoms with E-state index in [9.17, 15) is 9.59 Å². The van der Waals surface area contributed by atoms with Crippen LogP contribution in [0.4, 0.5) is 27.5 Å². The third kappa shape index (κ3) is 5.17. The zero-order valence-electron chi connectivity index (χ0n) is 18.5. The molecule has 4 N–H and O–H groups in total. The number of nitrogens with two attached hydrogens (primary N) is 1. The Bertz CT molecular complexity index is 1130. The molecule has 0 radical (unpaired) electrons. The van der Waals surface area contributed by atoms with Crippen LogP contribution in [0.2, 0.25) is 0 Å². The van der Waals surface area contributed by atoms with Gasteiger partial charge in [-0.1, -0.05) is 30.3 Å². The SMILES string of the molecule is COc1ccccc1N1CCN(c2ccc(C(N)=O)cc2NC(=O)Nc2ccccc2)CC1. The molecule has 0 saturated carbocycles. The lowest BCUT2D eigenvalue weighted by Crippen LogP contribution is -2.47. The minimum absolute atomic E-state index is 0.335. The summed E-state index contributed by atoms with van der Waals surface area (Å²) in [6.45, 7) is 3.05. The van der Waals surface area contributed by atoms with Gasteiger partial charge < -0.3 is 30.9 Å². The van der Waals surface area contributed by atoms with Gasteiger partial charge in [-0.3, -0.25) is 4.79 Å². The van der Waals surface area contributed by atoms with Gasteiger partial charge in [0.2, 0.25) is 5.91 Å². The van der Waals surface area contributed by atoms with Crippen LogP contribution in [0, 0.1) is 0 Å². The van der Waals surface area contributed by atoms with E-state index in [4.69, 9.17) is 10.5 Å². The number of nitrogens with zero attached hydrogens (tertiary/aromatic N) is 2. The van der Waals surface area contributed by atoms with Crippen molar-refractivity contribution in [3.63, 3.8) is 0 Å². The second-order valence-corrected chi connectivity index (χ2v) is 7.69. The van der Waals surface area contributed by atoms with E-state index in [1.54, 1.807) is 31.4 Å². The topological polar surface area (TPSA) is 99.9 Å². The molecule has 1 saturated heterocycles. The number of hydrogen-bond acceptors (Lipinski definition) is 5. The lowest BCUT2D eigenvalue weighted by Gasteiger charge is -2.38. The van der Waals surface area contributed by atoms with Crippen LogP contribution in [0.25, 0.3) is 0 Å². The van der Waals surface area contributed by atoms with Crippen LogP contribution < -0.4 is 30.9 Å². The Morgan fingerprint density at radius 2 is 1.45 bits per heavy atom. The summed E-state index contributed by atoms with van der Waals surface area (Å²) in [5, 5.41) is 5.68. The Morgan fingerprint density at radius 1 is 0.818 bits per heavy atom. The fraction of sp³-hybridized carbons (Fsp3) is 0.200. The van der Waals surface area contributed by atoms with Crippen molar-refractivity contribution >= 4 is 34.7 Å². The maximum absolute atomic E-state index is 12.6. The van der Waals surface area contributed by atoms with E-state index < -0.39 is 11.9 Å². The van der Waals surface area contributed by atoms with Gasteiger partial charge in [0.1, 0.15) is 5.75 Å². The van der Waals surface area contributed by atoms with Crippen LogP contribution in [-0.2, 0) is 0 Å². The minimum atomic E-state index is -0.547. The van der Waals surface area contributed by atoms with Crippen LogP contribution in [0.15, 0.2) is 72.8 Å². The van der Waals surface area contributed by atoms with Crippen molar-refractivity contribution in [2.75, 3.05) is 53.7 Å². The zero-order valence-corrected chi connectivity index (χ0v) is 18.5. The molecule has 33 heavy (non-hydrogen) atoms. The molecule has 1 aliphatic heterocycles. The molecule has 1 aliphatic rings. The number of methoxy groups -OCH3 is 1. The highest BCUT2D eigenvalue weighted by molar-refractivity contribution is 6.03. The predicted molar refractivity (Wildman–Crippen MR) is 131 cm³/mol. The van der Waals surface area contributed by atoms with Crippen molar-refractivity contribution in [2.45, 2.75) is 0 Å². The van der Waals surface area contributed by atoms with Gasteiger partial charge in [0.15, 0.2) is 0 Å². The number of primary amides is 1. The minimum Gasteiger partial charge on any atom is -0.495 e. The number of ether oxygens (including phenoxy) is 1. The standard InChI is InChI=1S/C25H27N5O3/c1-33-23-10-6-5-9-22(23)30-15-13-29(14-16-30)21-12-11-18(24(26)31)17-20(21)28-25(32)27-19-7-3-2-4-8-19/h2-12,17H,13-16H2,1H3,(H2,26,31)(H2,27,28,32). The molecule has 0 bridgehead atoms. The molecule has 4 rings (SSSR count). The highest BCUT2D eigenvalue weighted by Gasteiger charge is 2.22. The average molecular weight is 446 g/mol. The molecule has 0 unspecified atom stereocenters. The fourth-order valence-corrected chi connectivity index (χ4v) is 3.95. The molecule has 170 valence electrons. The molecule has 1 heterocycles. The summed E-state index contributed by atoms with van der Waals surface area (Å²) in [6.07, 6.45) is 0. The zero-order chi connectivity index (χ0) is 23.2. The van der Waals surface area contributed by atoms with Gasteiger partial charge in [-0.15, -0.1) is 0 Å². The molecule has 8 nitrogen and oxygen atoms in total. The smallest absolute Gasteiger partial charge is 0.323 e. The second kappa shape index (κ2) is 9.95. The van der Waals surface area contributed by atoms with E-state index >= 15 is 0 Å². The van der Waals surface area contributed by atoms with Crippen LogP contribution in [0.5, 0.6) is 5.75 Å². The number of carbonyl (C=O) groups is 2. The summed E-state index contributed by atoms with van der Waals surface area (Å²) in [6, 6.07) is 21.9. The van der Waals surface area contributed by atoms with E-state index in [1.807, 2.05) is 42.5 Å². The summed E-state index contributed by atoms with van der Waals surface area (Å²) in [4.78, 5) is 28.8. The van der Waals surface area contributed by atoms with E-state index in [-0.39, 0.29) is 0 Å². The van der Waals surface area contributed by atoms with Crippen LogP contribution in [-0.4, -0.2) is 45.2 Å². The molecular formula is C25H27N5O3. The number of piperazine rings is 1. The van der Waals surface area contributed by atoms with Crippen molar-refractivity contribution in [1.29, 1.82) is 0 Å². The van der Waals surface area contributed by atoms with Gasteiger partial charge >= 0.3 is 6.03 Å². The number of nitrogens with one attached hydrogen (secondary N) is 2. The number of anilines is 4. The fourth-order valence-electron chi connectivity index (χ4n) is 3.95. The molecule has 3 aromatic carbocycles. The largest absolute Gasteiger partial charge is 0.495 e. The van der Waals surface area contributed by atoms with Gasteiger partial charge in [-0.2, -0.15) is 0 Å².